The SMILES string of the molecule is COc1ncccc1-c1nc2c([nH]1)C(c1ccc(Cl)cc1)N(c1cc(C)c3nnn(C)c3n1)C2=O. The largest absolute Gasteiger partial charge is 0.480 e. The van der Waals surface area contributed by atoms with Crippen LogP contribution in [-0.4, -0.2) is 47.9 Å². The van der Waals surface area contributed by atoms with Crippen LogP contribution in [0.4, 0.5) is 5.82 Å². The number of imidazole rings is 1. The number of nitrogens with one attached hydrogen (secondary N) is 1. The quantitative estimate of drug-likeness (QED) is 0.410. The first kappa shape index (κ1) is 21.2. The Kier molecular flexibility index (Phi) is 4.78. The first-order valence-electron chi connectivity index (χ1n) is 10.8. The van der Waals surface area contributed by atoms with Gasteiger partial charge >= 0.3 is 0 Å². The van der Waals surface area contributed by atoms with Crippen molar-refractivity contribution in [1.82, 2.24) is 34.9 Å². The van der Waals surface area contributed by atoms with E-state index in [1.54, 1.807) is 48.1 Å². The van der Waals surface area contributed by atoms with Gasteiger partial charge in [-0.2, -0.15) is 0 Å². The van der Waals surface area contributed by atoms with E-state index in [9.17, 15) is 4.79 Å². The standard InChI is InChI=1S/C24H19ClN8O2/c1-12-11-16(27-22-17(12)30-31-32(22)2)33-20(13-6-8-14(25)9-7-13)18-19(24(33)34)29-21(28-18)15-5-4-10-26-23(15)35-3/h4-11,20H,1-3H3,(H,28,29). The highest BCUT2D eigenvalue weighted by molar-refractivity contribution is 6.30. The van der Waals surface area contributed by atoms with Crippen molar-refractivity contribution in [3.63, 3.8) is 0 Å². The molecule has 0 spiro atoms. The molecule has 1 aromatic carbocycles. The molecular formula is C24H19ClN8O2. The van der Waals surface area contributed by atoms with E-state index in [2.05, 4.69) is 25.3 Å². The summed E-state index contributed by atoms with van der Waals surface area (Å²) in [6.07, 6.45) is 1.64. The molecule has 4 aromatic heterocycles. The number of benzene rings is 1. The highest BCUT2D eigenvalue weighted by atomic mass is 35.5. The average molecular weight is 487 g/mol. The van der Waals surface area contributed by atoms with Gasteiger partial charge in [0.2, 0.25) is 5.88 Å². The number of nitrogens with zero attached hydrogens (tertiary/aromatic N) is 7. The Labute approximate surface area is 204 Å². The zero-order valence-corrected chi connectivity index (χ0v) is 19.8. The Morgan fingerprint density at radius 3 is 2.71 bits per heavy atom. The fraction of sp³-hybridized carbons (Fsp3) is 0.167. The third-order valence-corrected chi connectivity index (χ3v) is 6.33. The first-order chi connectivity index (χ1) is 17.0. The van der Waals surface area contributed by atoms with E-state index in [4.69, 9.17) is 21.3 Å². The van der Waals surface area contributed by atoms with Crippen LogP contribution in [0.3, 0.4) is 0 Å². The number of hydrogen-bond donors (Lipinski definition) is 1. The first-order valence-corrected chi connectivity index (χ1v) is 11.2. The van der Waals surface area contributed by atoms with Crippen molar-refractivity contribution in [2.24, 2.45) is 7.05 Å². The van der Waals surface area contributed by atoms with Gasteiger partial charge in [0.05, 0.1) is 18.4 Å². The molecule has 5 heterocycles. The Balaban J connectivity index is 1.54. The van der Waals surface area contributed by atoms with Crippen LogP contribution in [0.25, 0.3) is 22.6 Å². The molecule has 174 valence electrons. The number of fused-ring (bicyclic) bond motifs is 2. The summed E-state index contributed by atoms with van der Waals surface area (Å²) in [4.78, 5) is 32.5. The van der Waals surface area contributed by atoms with E-state index in [0.29, 0.717) is 50.7 Å². The summed E-state index contributed by atoms with van der Waals surface area (Å²) in [6.45, 7) is 1.92. The van der Waals surface area contributed by atoms with E-state index >= 15 is 0 Å². The second-order valence-corrected chi connectivity index (χ2v) is 8.66. The number of aromatic amines is 1. The molecule has 1 amide bonds. The maximum absolute atomic E-state index is 13.8. The molecule has 0 bridgehead atoms. The predicted molar refractivity (Wildman–Crippen MR) is 130 cm³/mol. The number of pyridine rings is 2. The van der Waals surface area contributed by atoms with Gasteiger partial charge in [-0.1, -0.05) is 28.9 Å². The lowest BCUT2D eigenvalue weighted by Crippen LogP contribution is -2.30. The van der Waals surface area contributed by atoms with Crippen molar-refractivity contribution in [3.05, 3.63) is 76.2 Å². The van der Waals surface area contributed by atoms with Crippen LogP contribution in [0, 0.1) is 6.92 Å². The van der Waals surface area contributed by atoms with Gasteiger partial charge in [0.15, 0.2) is 11.3 Å². The van der Waals surface area contributed by atoms with Crippen LogP contribution >= 0.6 is 11.6 Å². The summed E-state index contributed by atoms with van der Waals surface area (Å²) in [5.74, 6) is 1.13. The molecule has 35 heavy (non-hydrogen) atoms. The molecule has 0 saturated carbocycles. The molecule has 10 nitrogen and oxygen atoms in total. The van der Waals surface area contributed by atoms with E-state index in [1.807, 2.05) is 31.2 Å². The molecule has 1 N–H and O–H groups in total. The second-order valence-electron chi connectivity index (χ2n) is 8.22. The zero-order valence-electron chi connectivity index (χ0n) is 19.0. The molecule has 1 aliphatic rings. The minimum absolute atomic E-state index is 0.272. The summed E-state index contributed by atoms with van der Waals surface area (Å²) in [7, 11) is 3.31. The zero-order chi connectivity index (χ0) is 24.3. The Morgan fingerprint density at radius 1 is 1.14 bits per heavy atom. The van der Waals surface area contributed by atoms with Crippen LogP contribution in [0.1, 0.15) is 33.4 Å². The average Bonchev–Trinajstić information content (AvgIpc) is 3.53. The summed E-state index contributed by atoms with van der Waals surface area (Å²) in [5, 5.41) is 8.85. The Bertz CT molecular complexity index is 1610. The number of halogens is 1. The van der Waals surface area contributed by atoms with Gasteiger partial charge in [-0.3, -0.25) is 9.69 Å². The maximum atomic E-state index is 13.8. The van der Waals surface area contributed by atoms with Gasteiger partial charge in [-0.05, 0) is 48.4 Å². The van der Waals surface area contributed by atoms with E-state index in [1.165, 1.54) is 0 Å². The molecule has 6 rings (SSSR count). The summed E-state index contributed by atoms with van der Waals surface area (Å²) < 4.78 is 6.99. The highest BCUT2D eigenvalue weighted by Crippen LogP contribution is 2.42. The molecule has 0 aliphatic carbocycles. The normalized spacial score (nSPS) is 15.1. The van der Waals surface area contributed by atoms with Crippen LogP contribution in [-0.2, 0) is 7.05 Å². The predicted octanol–water partition coefficient (Wildman–Crippen LogP) is 3.87. The lowest BCUT2D eigenvalue weighted by Gasteiger charge is -2.25. The van der Waals surface area contributed by atoms with Gasteiger partial charge in [-0.15, -0.1) is 5.10 Å². The monoisotopic (exact) mass is 486 g/mol. The fourth-order valence-electron chi connectivity index (χ4n) is 4.43. The topological polar surface area (TPSA) is 115 Å². The number of H-pyrrole nitrogens is 1. The van der Waals surface area contributed by atoms with Crippen LogP contribution < -0.4 is 9.64 Å². The van der Waals surface area contributed by atoms with Crippen molar-refractivity contribution in [2.45, 2.75) is 13.0 Å². The lowest BCUT2D eigenvalue weighted by atomic mass is 10.0. The number of ether oxygens (including phenoxy) is 1. The number of carbonyl (C=O) groups excluding carboxylic acids is 1. The minimum atomic E-state index is -0.496. The number of carbonyl (C=O) groups is 1. The van der Waals surface area contributed by atoms with Gasteiger partial charge in [-0.25, -0.2) is 19.6 Å². The number of hydrogen-bond acceptors (Lipinski definition) is 7. The molecular weight excluding hydrogens is 468 g/mol. The second kappa shape index (κ2) is 7.88. The van der Waals surface area contributed by atoms with Gasteiger partial charge in [0.25, 0.3) is 5.91 Å². The number of rotatable bonds is 4. The number of amides is 1. The van der Waals surface area contributed by atoms with E-state index in [0.717, 1.165) is 11.1 Å². The molecule has 0 fully saturated rings. The minimum Gasteiger partial charge on any atom is -0.480 e. The maximum Gasteiger partial charge on any atom is 0.280 e. The highest BCUT2D eigenvalue weighted by Gasteiger charge is 2.43. The number of anilines is 1. The summed E-state index contributed by atoms with van der Waals surface area (Å²) in [5.41, 5.74) is 4.63. The van der Waals surface area contributed by atoms with Crippen molar-refractivity contribution >= 4 is 34.5 Å². The molecule has 1 aliphatic heterocycles. The van der Waals surface area contributed by atoms with Crippen molar-refractivity contribution in [1.29, 1.82) is 0 Å². The molecule has 0 radical (unpaired) electrons. The summed E-state index contributed by atoms with van der Waals surface area (Å²) in [6, 6.07) is 12.4. The molecule has 5 aromatic rings. The summed E-state index contributed by atoms with van der Waals surface area (Å²) >= 11 is 6.16. The Morgan fingerprint density at radius 2 is 1.94 bits per heavy atom. The van der Waals surface area contributed by atoms with Crippen LogP contribution in [0.2, 0.25) is 5.02 Å². The Hall–Kier alpha value is -4.31. The smallest absolute Gasteiger partial charge is 0.280 e. The van der Waals surface area contributed by atoms with Gasteiger partial charge in [0.1, 0.15) is 23.2 Å². The number of methoxy groups -OCH3 is 1. The lowest BCUT2D eigenvalue weighted by molar-refractivity contribution is 0.0989. The molecule has 0 saturated heterocycles. The van der Waals surface area contributed by atoms with Gasteiger partial charge < -0.3 is 9.72 Å². The molecule has 11 heteroatoms. The van der Waals surface area contributed by atoms with E-state index < -0.39 is 6.04 Å². The van der Waals surface area contributed by atoms with Crippen LogP contribution in [0.5, 0.6) is 5.88 Å². The van der Waals surface area contributed by atoms with E-state index in [-0.39, 0.29) is 5.91 Å². The molecule has 1 unspecified atom stereocenters. The van der Waals surface area contributed by atoms with Crippen molar-refractivity contribution < 1.29 is 9.53 Å². The van der Waals surface area contributed by atoms with Crippen molar-refractivity contribution in [3.8, 4) is 17.3 Å². The number of aryl methyl sites for hydroxylation is 2. The van der Waals surface area contributed by atoms with Crippen LogP contribution in [0.15, 0.2) is 48.7 Å². The van der Waals surface area contributed by atoms with Gasteiger partial charge in [0, 0.05) is 18.3 Å². The third-order valence-electron chi connectivity index (χ3n) is 6.07. The molecule has 1 atom stereocenters. The fourth-order valence-corrected chi connectivity index (χ4v) is 4.55. The number of aromatic nitrogens is 7. The van der Waals surface area contributed by atoms with Crippen molar-refractivity contribution in [2.75, 3.05) is 12.0 Å². The third kappa shape index (κ3) is 3.25.